The van der Waals surface area contributed by atoms with Crippen molar-refractivity contribution in [2.45, 2.75) is 11.8 Å². The first-order chi connectivity index (χ1) is 5.82. The van der Waals surface area contributed by atoms with Gasteiger partial charge >= 0.3 is 0 Å². The number of hydrogen-bond acceptors (Lipinski definition) is 3. The third-order valence-corrected chi connectivity index (χ3v) is 2.97. The molecule has 0 aromatic heterocycles. The predicted molar refractivity (Wildman–Crippen MR) is 52.0 cm³/mol. The van der Waals surface area contributed by atoms with E-state index in [-0.39, 0.29) is 4.90 Å². The minimum absolute atomic E-state index is 0.0689. The Morgan fingerprint density at radius 2 is 1.92 bits per heavy atom. The van der Waals surface area contributed by atoms with Crippen LogP contribution < -0.4 is 10.9 Å². The number of primary sulfonamides is 1. The zero-order valence-corrected chi connectivity index (χ0v) is 8.48. The third kappa shape index (κ3) is 2.12. The molecule has 0 saturated carbocycles. The molecule has 0 radical (unpaired) electrons. The molecular formula is C7H9ClN2O2S. The number of rotatable bonds is 1. The summed E-state index contributed by atoms with van der Waals surface area (Å²) < 4.78 is 21.8. The fourth-order valence-corrected chi connectivity index (χ4v) is 1.70. The Labute approximate surface area is 81.5 Å². The smallest absolute Gasteiger partial charge is 0.238 e. The largest absolute Gasteiger partial charge is 0.398 e. The monoisotopic (exact) mass is 220 g/mol. The van der Waals surface area contributed by atoms with E-state index in [0.29, 0.717) is 16.3 Å². The number of benzene rings is 1. The van der Waals surface area contributed by atoms with Gasteiger partial charge in [0, 0.05) is 10.7 Å². The van der Waals surface area contributed by atoms with Gasteiger partial charge in [-0.05, 0) is 24.6 Å². The van der Waals surface area contributed by atoms with E-state index in [1.54, 1.807) is 6.92 Å². The molecule has 0 heterocycles. The van der Waals surface area contributed by atoms with Crippen LogP contribution in [0.5, 0.6) is 0 Å². The standard InChI is InChI=1S/C7H9ClN2O2S/c1-4-6(8)2-5(3-7(4)9)13(10,11)12/h2-3H,9H2,1H3,(H2,10,11,12). The Morgan fingerprint density at radius 3 is 2.31 bits per heavy atom. The summed E-state index contributed by atoms with van der Waals surface area (Å²) in [5.41, 5.74) is 6.48. The number of nitrogen functional groups attached to an aromatic ring is 1. The lowest BCUT2D eigenvalue weighted by Gasteiger charge is -2.05. The molecular weight excluding hydrogens is 212 g/mol. The van der Waals surface area contributed by atoms with Crippen molar-refractivity contribution in [2.24, 2.45) is 5.14 Å². The van der Waals surface area contributed by atoms with E-state index in [1.165, 1.54) is 12.1 Å². The highest BCUT2D eigenvalue weighted by atomic mass is 35.5. The lowest BCUT2D eigenvalue weighted by atomic mass is 10.2. The first kappa shape index (κ1) is 10.3. The summed E-state index contributed by atoms with van der Waals surface area (Å²) in [7, 11) is -3.73. The average Bonchev–Trinajstić information content (AvgIpc) is 1.97. The number of anilines is 1. The molecule has 0 fully saturated rings. The minimum atomic E-state index is -3.73. The molecule has 1 rings (SSSR count). The van der Waals surface area contributed by atoms with Crippen molar-refractivity contribution in [1.82, 2.24) is 0 Å². The Kier molecular flexibility index (Phi) is 2.51. The van der Waals surface area contributed by atoms with Crippen LogP contribution >= 0.6 is 11.6 Å². The van der Waals surface area contributed by atoms with E-state index in [0.717, 1.165) is 0 Å². The van der Waals surface area contributed by atoms with Crippen LogP contribution in [0.3, 0.4) is 0 Å². The van der Waals surface area contributed by atoms with Gasteiger partial charge in [-0.2, -0.15) is 0 Å². The Balaban J connectivity index is 3.47. The maximum absolute atomic E-state index is 10.9. The number of sulfonamides is 1. The molecule has 4 nitrogen and oxygen atoms in total. The molecule has 0 saturated heterocycles. The molecule has 0 bridgehead atoms. The van der Waals surface area contributed by atoms with Crippen LogP contribution in [0.15, 0.2) is 17.0 Å². The highest BCUT2D eigenvalue weighted by Gasteiger charge is 2.11. The third-order valence-electron chi connectivity index (χ3n) is 1.69. The van der Waals surface area contributed by atoms with Crippen molar-refractivity contribution < 1.29 is 8.42 Å². The van der Waals surface area contributed by atoms with Gasteiger partial charge in [0.05, 0.1) is 4.90 Å². The first-order valence-corrected chi connectivity index (χ1v) is 5.33. The quantitative estimate of drug-likeness (QED) is 0.689. The number of hydrogen-bond donors (Lipinski definition) is 2. The van der Waals surface area contributed by atoms with Crippen LogP contribution in [0.1, 0.15) is 5.56 Å². The number of halogens is 1. The molecule has 0 spiro atoms. The van der Waals surface area contributed by atoms with Gasteiger partial charge in [-0.1, -0.05) is 11.6 Å². The van der Waals surface area contributed by atoms with Crippen molar-refractivity contribution in [2.75, 3.05) is 5.73 Å². The Bertz CT molecular complexity index is 419. The lowest BCUT2D eigenvalue weighted by Crippen LogP contribution is -2.12. The van der Waals surface area contributed by atoms with E-state index < -0.39 is 10.0 Å². The molecule has 0 aliphatic carbocycles. The zero-order valence-electron chi connectivity index (χ0n) is 6.91. The van der Waals surface area contributed by atoms with Crippen LogP contribution in [0, 0.1) is 6.92 Å². The van der Waals surface area contributed by atoms with E-state index in [4.69, 9.17) is 22.5 Å². The second kappa shape index (κ2) is 3.17. The normalized spacial score (nSPS) is 11.6. The van der Waals surface area contributed by atoms with E-state index >= 15 is 0 Å². The average molecular weight is 221 g/mol. The van der Waals surface area contributed by atoms with Crippen LogP contribution in [0.2, 0.25) is 5.02 Å². The molecule has 0 amide bonds. The van der Waals surface area contributed by atoms with Crippen LogP contribution in [0.25, 0.3) is 0 Å². The van der Waals surface area contributed by atoms with Crippen molar-refractivity contribution in [3.8, 4) is 0 Å². The number of nitrogens with two attached hydrogens (primary N) is 2. The van der Waals surface area contributed by atoms with Gasteiger partial charge in [0.1, 0.15) is 0 Å². The van der Waals surface area contributed by atoms with E-state index in [2.05, 4.69) is 0 Å². The molecule has 0 atom stereocenters. The van der Waals surface area contributed by atoms with Crippen molar-refractivity contribution in [3.05, 3.63) is 22.7 Å². The van der Waals surface area contributed by atoms with Crippen LogP contribution in [-0.2, 0) is 10.0 Å². The molecule has 0 aliphatic heterocycles. The summed E-state index contributed by atoms with van der Waals surface area (Å²) in [6, 6.07) is 2.57. The minimum Gasteiger partial charge on any atom is -0.398 e. The lowest BCUT2D eigenvalue weighted by molar-refractivity contribution is 0.598. The highest BCUT2D eigenvalue weighted by Crippen LogP contribution is 2.24. The van der Waals surface area contributed by atoms with Gasteiger partial charge in [0.15, 0.2) is 0 Å². The molecule has 13 heavy (non-hydrogen) atoms. The molecule has 4 N–H and O–H groups in total. The molecule has 0 unspecified atom stereocenters. The SMILES string of the molecule is Cc1c(N)cc(S(N)(=O)=O)cc1Cl. The summed E-state index contributed by atoms with van der Waals surface area (Å²) in [5.74, 6) is 0. The molecule has 72 valence electrons. The topological polar surface area (TPSA) is 86.2 Å². The Morgan fingerprint density at radius 1 is 1.38 bits per heavy atom. The summed E-state index contributed by atoms with van der Waals surface area (Å²) in [6.07, 6.45) is 0. The summed E-state index contributed by atoms with van der Waals surface area (Å²) in [4.78, 5) is -0.0689. The molecule has 0 aliphatic rings. The molecule has 1 aromatic rings. The second-order valence-electron chi connectivity index (χ2n) is 2.66. The van der Waals surface area contributed by atoms with E-state index in [9.17, 15) is 8.42 Å². The fourth-order valence-electron chi connectivity index (χ4n) is 0.838. The molecule has 1 aromatic carbocycles. The van der Waals surface area contributed by atoms with Crippen LogP contribution in [-0.4, -0.2) is 8.42 Å². The van der Waals surface area contributed by atoms with Gasteiger partial charge < -0.3 is 5.73 Å². The van der Waals surface area contributed by atoms with Gasteiger partial charge in [-0.25, -0.2) is 13.6 Å². The maximum atomic E-state index is 10.9. The second-order valence-corrected chi connectivity index (χ2v) is 4.63. The van der Waals surface area contributed by atoms with Gasteiger partial charge in [0.25, 0.3) is 0 Å². The predicted octanol–water partition coefficient (Wildman–Crippen LogP) is 0.878. The van der Waals surface area contributed by atoms with Crippen molar-refractivity contribution >= 4 is 27.3 Å². The maximum Gasteiger partial charge on any atom is 0.238 e. The summed E-state index contributed by atoms with van der Waals surface area (Å²) in [5, 5.41) is 5.20. The Hall–Kier alpha value is -0.780. The van der Waals surface area contributed by atoms with Gasteiger partial charge in [-0.3, -0.25) is 0 Å². The summed E-state index contributed by atoms with van der Waals surface area (Å²) >= 11 is 5.73. The van der Waals surface area contributed by atoms with Crippen LogP contribution in [0.4, 0.5) is 5.69 Å². The highest BCUT2D eigenvalue weighted by molar-refractivity contribution is 7.89. The van der Waals surface area contributed by atoms with Gasteiger partial charge in [-0.15, -0.1) is 0 Å². The molecule has 6 heteroatoms. The van der Waals surface area contributed by atoms with Crippen molar-refractivity contribution in [3.63, 3.8) is 0 Å². The zero-order chi connectivity index (χ0) is 10.2. The van der Waals surface area contributed by atoms with Gasteiger partial charge in [0.2, 0.25) is 10.0 Å². The van der Waals surface area contributed by atoms with E-state index in [1.807, 2.05) is 0 Å². The fraction of sp³-hybridized carbons (Fsp3) is 0.143. The first-order valence-electron chi connectivity index (χ1n) is 3.41. The summed E-state index contributed by atoms with van der Waals surface area (Å²) in [6.45, 7) is 1.70. The van der Waals surface area contributed by atoms with Crippen molar-refractivity contribution in [1.29, 1.82) is 0 Å².